The smallest absolute Gasteiger partial charge is 0.191 e. The maximum atomic E-state index is 10.7. The average Bonchev–Trinajstić information content (AvgIpc) is 3.39. The van der Waals surface area contributed by atoms with Crippen LogP contribution in [0.4, 0.5) is 0 Å². The Morgan fingerprint density at radius 1 is 1.14 bits per heavy atom. The third-order valence-electron chi connectivity index (χ3n) is 5.04. The lowest BCUT2D eigenvalue weighted by Crippen LogP contribution is -2.44. The molecule has 1 fully saturated rings. The van der Waals surface area contributed by atoms with Gasteiger partial charge in [0.05, 0.1) is 13.1 Å². The second-order valence-corrected chi connectivity index (χ2v) is 8.55. The molecule has 3 N–H and O–H groups in total. The topological polar surface area (TPSA) is 59.9 Å². The number of hydrogen-bond acceptors (Lipinski definition) is 4. The van der Waals surface area contributed by atoms with Crippen LogP contribution in [0.15, 0.2) is 46.8 Å². The molecule has 28 heavy (non-hydrogen) atoms. The highest BCUT2D eigenvalue weighted by Gasteiger charge is 2.24. The number of aliphatic hydroxyl groups is 1. The number of nitrogens with zero attached hydrogens (tertiary/aromatic N) is 2. The number of guanidine groups is 1. The zero-order valence-electron chi connectivity index (χ0n) is 16.9. The predicted octanol–water partition coefficient (Wildman–Crippen LogP) is 3.31. The van der Waals surface area contributed by atoms with Gasteiger partial charge in [-0.15, -0.1) is 11.3 Å². The first-order valence-corrected chi connectivity index (χ1v) is 11.0. The summed E-state index contributed by atoms with van der Waals surface area (Å²) in [5.41, 5.74) is 1.64. The fraction of sp³-hybridized carbons (Fsp3) is 0.500. The van der Waals surface area contributed by atoms with Crippen molar-refractivity contribution in [2.75, 3.05) is 26.2 Å². The number of aliphatic imine (C=N–C) groups is 1. The summed E-state index contributed by atoms with van der Waals surface area (Å²) < 4.78 is 0. The van der Waals surface area contributed by atoms with Crippen molar-refractivity contribution in [3.63, 3.8) is 0 Å². The molecule has 0 aliphatic carbocycles. The van der Waals surface area contributed by atoms with Crippen LogP contribution in [0.2, 0.25) is 0 Å². The van der Waals surface area contributed by atoms with E-state index in [2.05, 4.69) is 44.8 Å². The Bertz CT molecular complexity index is 734. The highest BCUT2D eigenvalue weighted by atomic mass is 32.1. The summed E-state index contributed by atoms with van der Waals surface area (Å²) in [6.45, 7) is 9.16. The van der Waals surface area contributed by atoms with Gasteiger partial charge in [0.25, 0.3) is 0 Å². The maximum Gasteiger partial charge on any atom is 0.191 e. The number of thiophene rings is 1. The van der Waals surface area contributed by atoms with Crippen molar-refractivity contribution in [2.45, 2.75) is 45.4 Å². The molecule has 3 rings (SSSR count). The van der Waals surface area contributed by atoms with Gasteiger partial charge in [0.1, 0.15) is 5.60 Å². The SMILES string of the molecule is CCNC(=NCc1ccc(CN2CCCC2)cc1)NCC(C)(O)c1cccs1. The van der Waals surface area contributed by atoms with Crippen molar-refractivity contribution >= 4 is 17.3 Å². The molecule has 1 saturated heterocycles. The standard InChI is InChI=1S/C22H32N4OS/c1-3-23-21(25-17-22(2,27)20-7-6-14-28-20)24-15-18-8-10-19(11-9-18)16-26-12-4-5-13-26/h6-11,14,27H,3-5,12-13,15-17H2,1-2H3,(H2,23,24,25). The Balaban J connectivity index is 1.54. The van der Waals surface area contributed by atoms with E-state index in [1.54, 1.807) is 11.3 Å². The number of benzene rings is 1. The van der Waals surface area contributed by atoms with Crippen molar-refractivity contribution in [1.29, 1.82) is 0 Å². The summed E-state index contributed by atoms with van der Waals surface area (Å²) >= 11 is 1.56. The molecule has 2 aromatic rings. The summed E-state index contributed by atoms with van der Waals surface area (Å²) in [6, 6.07) is 12.7. The first kappa shape index (κ1) is 20.8. The molecule has 0 amide bonds. The van der Waals surface area contributed by atoms with Gasteiger partial charge in [0.15, 0.2) is 5.96 Å². The zero-order valence-corrected chi connectivity index (χ0v) is 17.8. The first-order valence-electron chi connectivity index (χ1n) is 10.2. The predicted molar refractivity (Wildman–Crippen MR) is 118 cm³/mol. The highest BCUT2D eigenvalue weighted by molar-refractivity contribution is 7.10. The van der Waals surface area contributed by atoms with Gasteiger partial charge < -0.3 is 15.7 Å². The molecule has 6 heteroatoms. The molecule has 152 valence electrons. The van der Waals surface area contributed by atoms with Gasteiger partial charge in [-0.25, -0.2) is 4.99 Å². The molecule has 1 atom stereocenters. The summed E-state index contributed by atoms with van der Waals surface area (Å²) in [5, 5.41) is 19.2. The van der Waals surface area contributed by atoms with Crippen molar-refractivity contribution in [3.05, 3.63) is 57.8 Å². The van der Waals surface area contributed by atoms with Crippen LogP contribution < -0.4 is 10.6 Å². The van der Waals surface area contributed by atoms with E-state index in [-0.39, 0.29) is 0 Å². The molecular weight excluding hydrogens is 368 g/mol. The number of rotatable bonds is 8. The molecule has 1 aromatic carbocycles. The quantitative estimate of drug-likeness (QED) is 0.470. The Hall–Kier alpha value is -1.89. The van der Waals surface area contributed by atoms with Gasteiger partial charge >= 0.3 is 0 Å². The third kappa shape index (κ3) is 6.06. The molecule has 1 unspecified atom stereocenters. The van der Waals surface area contributed by atoms with Crippen molar-refractivity contribution < 1.29 is 5.11 Å². The van der Waals surface area contributed by atoms with Gasteiger partial charge in [0.2, 0.25) is 0 Å². The molecule has 0 saturated carbocycles. The molecule has 1 aromatic heterocycles. The van der Waals surface area contributed by atoms with Gasteiger partial charge in [-0.05, 0) is 62.4 Å². The lowest BCUT2D eigenvalue weighted by atomic mass is 10.1. The van der Waals surface area contributed by atoms with Crippen LogP contribution >= 0.6 is 11.3 Å². The summed E-state index contributed by atoms with van der Waals surface area (Å²) in [4.78, 5) is 8.14. The van der Waals surface area contributed by atoms with E-state index in [0.29, 0.717) is 13.1 Å². The second kappa shape index (κ2) is 10.0. The zero-order chi connectivity index (χ0) is 19.8. The molecule has 0 radical (unpaired) electrons. The van der Waals surface area contributed by atoms with Gasteiger partial charge in [0, 0.05) is 18.0 Å². The Morgan fingerprint density at radius 2 is 1.86 bits per heavy atom. The molecule has 1 aliphatic heterocycles. The third-order valence-corrected chi connectivity index (χ3v) is 6.17. The fourth-order valence-electron chi connectivity index (χ4n) is 3.39. The minimum absolute atomic E-state index is 0.411. The first-order chi connectivity index (χ1) is 13.6. The number of nitrogens with one attached hydrogen (secondary N) is 2. The molecule has 5 nitrogen and oxygen atoms in total. The van der Waals surface area contributed by atoms with Crippen LogP contribution in [-0.4, -0.2) is 42.1 Å². The van der Waals surface area contributed by atoms with E-state index in [4.69, 9.17) is 0 Å². The van der Waals surface area contributed by atoms with Crippen LogP contribution in [0.5, 0.6) is 0 Å². The van der Waals surface area contributed by atoms with Crippen molar-refractivity contribution in [2.24, 2.45) is 4.99 Å². The van der Waals surface area contributed by atoms with Gasteiger partial charge in [-0.2, -0.15) is 0 Å². The van der Waals surface area contributed by atoms with E-state index in [1.165, 1.54) is 37.1 Å². The molecule has 0 spiro atoms. The van der Waals surface area contributed by atoms with E-state index < -0.39 is 5.60 Å². The van der Waals surface area contributed by atoms with Crippen molar-refractivity contribution in [3.8, 4) is 0 Å². The Morgan fingerprint density at radius 3 is 2.50 bits per heavy atom. The average molecular weight is 401 g/mol. The maximum absolute atomic E-state index is 10.7. The van der Waals surface area contributed by atoms with E-state index >= 15 is 0 Å². The normalized spacial score (nSPS) is 17.5. The Kier molecular flexibility index (Phi) is 7.48. The lowest BCUT2D eigenvalue weighted by molar-refractivity contribution is 0.0655. The monoisotopic (exact) mass is 400 g/mol. The van der Waals surface area contributed by atoms with Gasteiger partial charge in [-0.3, -0.25) is 4.90 Å². The fourth-order valence-corrected chi connectivity index (χ4v) is 4.18. The van der Waals surface area contributed by atoms with E-state index in [0.717, 1.165) is 23.9 Å². The highest BCUT2D eigenvalue weighted by Crippen LogP contribution is 2.24. The summed E-state index contributed by atoms with van der Waals surface area (Å²) in [6.07, 6.45) is 2.65. The summed E-state index contributed by atoms with van der Waals surface area (Å²) in [7, 11) is 0. The molecule has 1 aliphatic rings. The lowest BCUT2D eigenvalue weighted by Gasteiger charge is -2.23. The van der Waals surface area contributed by atoms with E-state index in [9.17, 15) is 5.11 Å². The van der Waals surface area contributed by atoms with Crippen LogP contribution in [0.25, 0.3) is 0 Å². The largest absolute Gasteiger partial charge is 0.383 e. The van der Waals surface area contributed by atoms with Crippen LogP contribution in [-0.2, 0) is 18.7 Å². The Labute approximate surface area is 172 Å². The second-order valence-electron chi connectivity index (χ2n) is 7.60. The summed E-state index contributed by atoms with van der Waals surface area (Å²) in [5.74, 6) is 0.723. The number of hydrogen-bond donors (Lipinski definition) is 3. The minimum atomic E-state index is -0.915. The molecule has 0 bridgehead atoms. The molecular formula is C22H32N4OS. The number of likely N-dealkylation sites (tertiary alicyclic amines) is 1. The van der Waals surface area contributed by atoms with Gasteiger partial charge in [-0.1, -0.05) is 30.3 Å². The van der Waals surface area contributed by atoms with Crippen LogP contribution in [0, 0.1) is 0 Å². The van der Waals surface area contributed by atoms with Crippen LogP contribution in [0.1, 0.15) is 42.7 Å². The van der Waals surface area contributed by atoms with Crippen molar-refractivity contribution in [1.82, 2.24) is 15.5 Å². The minimum Gasteiger partial charge on any atom is -0.383 e. The molecule has 2 heterocycles. The van der Waals surface area contributed by atoms with E-state index in [1.807, 2.05) is 31.4 Å². The van der Waals surface area contributed by atoms with Crippen LogP contribution in [0.3, 0.4) is 0 Å².